The van der Waals surface area contributed by atoms with Crippen molar-refractivity contribution in [1.82, 2.24) is 0 Å². The van der Waals surface area contributed by atoms with E-state index < -0.39 is 4.92 Å². The van der Waals surface area contributed by atoms with E-state index in [0.29, 0.717) is 11.4 Å². The average molecular weight is 406 g/mol. The fourth-order valence-corrected chi connectivity index (χ4v) is 3.92. The number of carbonyl (C=O) groups excluding carboxylic acids is 1. The predicted octanol–water partition coefficient (Wildman–Crippen LogP) is 5.27. The van der Waals surface area contributed by atoms with Crippen molar-refractivity contribution in [1.29, 1.82) is 0 Å². The zero-order valence-corrected chi connectivity index (χ0v) is 16.9. The average Bonchev–Trinajstić information content (AvgIpc) is 3.10. The molecule has 0 saturated heterocycles. The topological polar surface area (TPSA) is 94.6 Å². The number of nitro benzene ring substituents is 1. The molecule has 7 heteroatoms. The number of allylic oxidation sites excluding steroid dienone is 1. The first kappa shape index (κ1) is 19.7. The maximum absolute atomic E-state index is 12.5. The van der Waals surface area contributed by atoms with E-state index in [9.17, 15) is 14.9 Å². The third-order valence-electron chi connectivity index (χ3n) is 5.37. The lowest BCUT2D eigenvalue weighted by molar-refractivity contribution is -0.384. The highest BCUT2D eigenvalue weighted by Crippen LogP contribution is 2.37. The summed E-state index contributed by atoms with van der Waals surface area (Å²) >= 11 is 0. The maximum Gasteiger partial charge on any atom is 0.271 e. The number of nitrogens with zero attached hydrogens (tertiary/aromatic N) is 1. The first-order chi connectivity index (χ1) is 14.5. The zero-order valence-electron chi connectivity index (χ0n) is 16.9. The van der Waals surface area contributed by atoms with E-state index in [4.69, 9.17) is 9.15 Å². The van der Waals surface area contributed by atoms with Crippen LogP contribution in [0.4, 0.5) is 11.4 Å². The molecule has 1 aliphatic carbocycles. The number of nitro groups is 1. The summed E-state index contributed by atoms with van der Waals surface area (Å²) in [6, 6.07) is 9.74. The van der Waals surface area contributed by atoms with Crippen LogP contribution in [0.5, 0.6) is 5.75 Å². The van der Waals surface area contributed by atoms with Gasteiger partial charge in [-0.1, -0.05) is 6.07 Å². The molecule has 1 heterocycles. The zero-order chi connectivity index (χ0) is 21.3. The summed E-state index contributed by atoms with van der Waals surface area (Å²) < 4.78 is 11.6. The number of amides is 1. The Morgan fingerprint density at radius 2 is 2.03 bits per heavy atom. The Balaban J connectivity index is 1.65. The van der Waals surface area contributed by atoms with Crippen LogP contribution in [0, 0.1) is 10.1 Å². The number of rotatable bonds is 5. The van der Waals surface area contributed by atoms with Gasteiger partial charge in [0.15, 0.2) is 0 Å². The molecule has 3 aromatic rings. The van der Waals surface area contributed by atoms with E-state index in [1.165, 1.54) is 29.8 Å². The molecule has 0 unspecified atom stereocenters. The number of aryl methyl sites for hydroxylation is 2. The number of methoxy groups -OCH3 is 1. The van der Waals surface area contributed by atoms with Crippen LogP contribution in [-0.4, -0.2) is 17.9 Å². The SMILES string of the molecule is COc1cc2oc3c(c2cc1/C(C)=C/C(=O)Nc1cccc([N+](=O)[O-])c1)CCCC3. The normalized spacial score (nSPS) is 13.7. The van der Waals surface area contributed by atoms with Gasteiger partial charge in [-0.25, -0.2) is 0 Å². The highest BCUT2D eigenvalue weighted by molar-refractivity contribution is 6.04. The molecule has 2 aromatic carbocycles. The summed E-state index contributed by atoms with van der Waals surface area (Å²) in [6.45, 7) is 1.84. The highest BCUT2D eigenvalue weighted by atomic mass is 16.6. The number of nitrogens with one attached hydrogen (secondary N) is 1. The minimum Gasteiger partial charge on any atom is -0.496 e. The Bertz CT molecular complexity index is 1180. The van der Waals surface area contributed by atoms with Crippen molar-refractivity contribution in [2.45, 2.75) is 32.6 Å². The number of non-ortho nitro benzene ring substituents is 1. The van der Waals surface area contributed by atoms with Gasteiger partial charge in [-0.3, -0.25) is 14.9 Å². The van der Waals surface area contributed by atoms with E-state index in [2.05, 4.69) is 5.32 Å². The molecule has 0 spiro atoms. The molecular formula is C23H22N2O5. The minimum atomic E-state index is -0.498. The van der Waals surface area contributed by atoms with Crippen molar-refractivity contribution in [3.63, 3.8) is 0 Å². The fraction of sp³-hybridized carbons (Fsp3) is 0.261. The first-order valence-corrected chi connectivity index (χ1v) is 9.82. The number of benzene rings is 2. The third-order valence-corrected chi connectivity index (χ3v) is 5.37. The monoisotopic (exact) mass is 406 g/mol. The summed E-state index contributed by atoms with van der Waals surface area (Å²) in [5, 5.41) is 14.7. The van der Waals surface area contributed by atoms with Crippen LogP contribution in [0.3, 0.4) is 0 Å². The molecule has 0 saturated carbocycles. The van der Waals surface area contributed by atoms with Crippen molar-refractivity contribution in [2.75, 3.05) is 12.4 Å². The summed E-state index contributed by atoms with van der Waals surface area (Å²) in [6.07, 6.45) is 5.68. The van der Waals surface area contributed by atoms with Gasteiger partial charge in [0.1, 0.15) is 17.1 Å². The summed E-state index contributed by atoms with van der Waals surface area (Å²) in [7, 11) is 1.59. The second-order valence-corrected chi connectivity index (χ2v) is 7.38. The molecule has 1 amide bonds. The van der Waals surface area contributed by atoms with Crippen molar-refractivity contribution in [3.8, 4) is 5.75 Å². The molecule has 1 aliphatic rings. The Labute approximate surface area is 173 Å². The van der Waals surface area contributed by atoms with Gasteiger partial charge in [-0.15, -0.1) is 0 Å². The van der Waals surface area contributed by atoms with E-state index in [1.54, 1.807) is 13.2 Å². The van der Waals surface area contributed by atoms with Gasteiger partial charge in [0.25, 0.3) is 5.69 Å². The molecule has 7 nitrogen and oxygen atoms in total. The lowest BCUT2D eigenvalue weighted by Gasteiger charge is -2.11. The second kappa shape index (κ2) is 8.02. The van der Waals surface area contributed by atoms with Crippen molar-refractivity contribution in [3.05, 3.63) is 69.5 Å². The number of hydrogen-bond acceptors (Lipinski definition) is 5. The fourth-order valence-electron chi connectivity index (χ4n) is 3.92. The lowest BCUT2D eigenvalue weighted by atomic mass is 9.94. The van der Waals surface area contributed by atoms with Crippen LogP contribution in [0.2, 0.25) is 0 Å². The molecular weight excluding hydrogens is 384 g/mol. The van der Waals surface area contributed by atoms with Gasteiger partial charge >= 0.3 is 0 Å². The third kappa shape index (κ3) is 3.78. The summed E-state index contributed by atoms with van der Waals surface area (Å²) in [4.78, 5) is 22.9. The van der Waals surface area contributed by atoms with Gasteiger partial charge in [0, 0.05) is 52.9 Å². The smallest absolute Gasteiger partial charge is 0.271 e. The molecule has 154 valence electrons. The van der Waals surface area contributed by atoms with Gasteiger partial charge in [-0.2, -0.15) is 0 Å². The van der Waals surface area contributed by atoms with Crippen LogP contribution in [0.1, 0.15) is 36.7 Å². The number of carbonyl (C=O) groups is 1. The first-order valence-electron chi connectivity index (χ1n) is 9.82. The molecule has 1 N–H and O–H groups in total. The van der Waals surface area contributed by atoms with E-state index in [-0.39, 0.29) is 11.6 Å². The number of fused-ring (bicyclic) bond motifs is 3. The second-order valence-electron chi connectivity index (χ2n) is 7.38. The van der Waals surface area contributed by atoms with E-state index >= 15 is 0 Å². The standard InChI is InChI=1S/C23H22N2O5/c1-14(10-23(26)24-15-6-5-7-16(11-15)25(27)28)18-12-19-17-8-3-4-9-20(17)30-22(19)13-21(18)29-2/h5-7,10-13H,3-4,8-9H2,1-2H3,(H,24,26)/b14-10+. The lowest BCUT2D eigenvalue weighted by Crippen LogP contribution is -2.09. The Kier molecular flexibility index (Phi) is 5.27. The largest absolute Gasteiger partial charge is 0.496 e. The number of anilines is 1. The highest BCUT2D eigenvalue weighted by Gasteiger charge is 2.20. The molecule has 30 heavy (non-hydrogen) atoms. The number of furan rings is 1. The van der Waals surface area contributed by atoms with E-state index in [1.807, 2.05) is 19.1 Å². The van der Waals surface area contributed by atoms with Crippen molar-refractivity contribution < 1.29 is 18.9 Å². The van der Waals surface area contributed by atoms with Gasteiger partial charge in [-0.05, 0) is 43.9 Å². The van der Waals surface area contributed by atoms with Crippen LogP contribution in [0.15, 0.2) is 46.9 Å². The maximum atomic E-state index is 12.5. The van der Waals surface area contributed by atoms with Gasteiger partial charge < -0.3 is 14.5 Å². The van der Waals surface area contributed by atoms with Gasteiger partial charge in [0.05, 0.1) is 12.0 Å². The Hall–Kier alpha value is -3.61. The summed E-state index contributed by atoms with van der Waals surface area (Å²) in [5.74, 6) is 1.30. The van der Waals surface area contributed by atoms with Crippen LogP contribution in [-0.2, 0) is 17.6 Å². The predicted molar refractivity (Wildman–Crippen MR) is 115 cm³/mol. The Morgan fingerprint density at radius 3 is 2.80 bits per heavy atom. The molecule has 0 atom stereocenters. The molecule has 4 rings (SSSR count). The van der Waals surface area contributed by atoms with Gasteiger partial charge in [0.2, 0.25) is 5.91 Å². The van der Waals surface area contributed by atoms with Crippen LogP contribution < -0.4 is 10.1 Å². The number of ether oxygens (including phenoxy) is 1. The Morgan fingerprint density at radius 1 is 1.23 bits per heavy atom. The number of hydrogen-bond donors (Lipinski definition) is 1. The molecule has 0 radical (unpaired) electrons. The summed E-state index contributed by atoms with van der Waals surface area (Å²) in [5.41, 5.74) is 3.87. The van der Waals surface area contributed by atoms with E-state index in [0.717, 1.165) is 53.5 Å². The van der Waals surface area contributed by atoms with Crippen molar-refractivity contribution in [2.24, 2.45) is 0 Å². The minimum absolute atomic E-state index is 0.0784. The molecule has 0 fully saturated rings. The quantitative estimate of drug-likeness (QED) is 0.354. The molecule has 0 aliphatic heterocycles. The molecule has 0 bridgehead atoms. The van der Waals surface area contributed by atoms with Crippen molar-refractivity contribution >= 4 is 33.8 Å². The van der Waals surface area contributed by atoms with Crippen LogP contribution >= 0.6 is 0 Å². The van der Waals surface area contributed by atoms with Crippen LogP contribution in [0.25, 0.3) is 16.5 Å². The molecule has 1 aromatic heterocycles.